The quantitative estimate of drug-likeness (QED) is 0.751. The molecule has 0 bridgehead atoms. The van der Waals surface area contributed by atoms with Crippen LogP contribution in [0.25, 0.3) is 11.5 Å². The van der Waals surface area contributed by atoms with Gasteiger partial charge in [-0.05, 0) is 38.0 Å². The number of aromatic nitrogens is 3. The van der Waals surface area contributed by atoms with Crippen LogP contribution in [-0.4, -0.2) is 15.1 Å². The van der Waals surface area contributed by atoms with E-state index in [0.717, 1.165) is 27.4 Å². The molecule has 2 heterocycles. The lowest BCUT2D eigenvalue weighted by Gasteiger charge is -2.06. The Morgan fingerprint density at radius 3 is 2.71 bits per heavy atom. The van der Waals surface area contributed by atoms with Crippen molar-refractivity contribution in [1.82, 2.24) is 15.1 Å². The van der Waals surface area contributed by atoms with Crippen LogP contribution >= 0.6 is 11.3 Å². The van der Waals surface area contributed by atoms with Crippen LogP contribution in [0.3, 0.4) is 0 Å². The first-order chi connectivity index (χ1) is 10.0. The summed E-state index contributed by atoms with van der Waals surface area (Å²) in [6.45, 7) is 5.96. The summed E-state index contributed by atoms with van der Waals surface area (Å²) in [5, 5.41) is 7.01. The second kappa shape index (κ2) is 5.29. The highest BCUT2D eigenvalue weighted by Crippen LogP contribution is 2.29. The van der Waals surface area contributed by atoms with Gasteiger partial charge in [-0.25, -0.2) is 4.98 Å². The van der Waals surface area contributed by atoms with Crippen molar-refractivity contribution in [2.75, 3.05) is 5.73 Å². The molecular weight excluding hydrogens is 284 g/mol. The fourth-order valence-electron chi connectivity index (χ4n) is 2.21. The zero-order valence-corrected chi connectivity index (χ0v) is 13.0. The summed E-state index contributed by atoms with van der Waals surface area (Å²) < 4.78 is 5.36. The molecular formula is C15H16N4OS. The largest absolute Gasteiger partial charge is 0.398 e. The predicted molar refractivity (Wildman–Crippen MR) is 83.3 cm³/mol. The van der Waals surface area contributed by atoms with Crippen molar-refractivity contribution < 1.29 is 4.52 Å². The maximum Gasteiger partial charge on any atom is 0.260 e. The number of aryl methyl sites for hydroxylation is 3. The highest BCUT2D eigenvalue weighted by Gasteiger charge is 2.14. The van der Waals surface area contributed by atoms with Crippen molar-refractivity contribution in [2.45, 2.75) is 27.2 Å². The Morgan fingerprint density at radius 2 is 2.00 bits per heavy atom. The first kappa shape index (κ1) is 13.8. The molecule has 3 rings (SSSR count). The van der Waals surface area contributed by atoms with Gasteiger partial charge in [-0.3, -0.25) is 0 Å². The highest BCUT2D eigenvalue weighted by molar-refractivity contribution is 7.09. The summed E-state index contributed by atoms with van der Waals surface area (Å²) >= 11 is 1.60. The molecule has 0 saturated heterocycles. The fourth-order valence-corrected chi connectivity index (χ4v) is 2.98. The van der Waals surface area contributed by atoms with E-state index in [4.69, 9.17) is 10.3 Å². The highest BCUT2D eigenvalue weighted by atomic mass is 32.1. The van der Waals surface area contributed by atoms with Gasteiger partial charge in [0.05, 0.1) is 12.0 Å². The number of hydrogen-bond acceptors (Lipinski definition) is 6. The molecule has 0 aliphatic carbocycles. The molecule has 0 aliphatic rings. The van der Waals surface area contributed by atoms with Crippen LogP contribution in [0, 0.1) is 20.8 Å². The van der Waals surface area contributed by atoms with Crippen LogP contribution in [0.4, 0.5) is 5.69 Å². The van der Waals surface area contributed by atoms with E-state index in [2.05, 4.69) is 15.1 Å². The van der Waals surface area contributed by atoms with Gasteiger partial charge in [0.2, 0.25) is 0 Å². The van der Waals surface area contributed by atoms with E-state index in [1.54, 1.807) is 11.3 Å². The Labute approximate surface area is 126 Å². The third-order valence-corrected chi connectivity index (χ3v) is 4.17. The van der Waals surface area contributed by atoms with Gasteiger partial charge < -0.3 is 10.3 Å². The summed E-state index contributed by atoms with van der Waals surface area (Å²) in [7, 11) is 0. The maximum absolute atomic E-state index is 6.11. The van der Waals surface area contributed by atoms with Crippen molar-refractivity contribution in [2.24, 2.45) is 0 Å². The maximum atomic E-state index is 6.11. The molecule has 0 spiro atoms. The fraction of sp³-hybridized carbons (Fsp3) is 0.267. The minimum absolute atomic E-state index is 0.461. The smallest absolute Gasteiger partial charge is 0.260 e. The summed E-state index contributed by atoms with van der Waals surface area (Å²) in [5.41, 5.74) is 10.7. The lowest BCUT2D eigenvalue weighted by molar-refractivity contribution is 0.424. The molecule has 5 nitrogen and oxygen atoms in total. The van der Waals surface area contributed by atoms with Gasteiger partial charge in [-0.2, -0.15) is 4.98 Å². The SMILES string of the molecule is Cc1cc(C)c(N)c(-c2nc(Cc3nc(C)cs3)no2)c1. The van der Waals surface area contributed by atoms with E-state index < -0.39 is 0 Å². The summed E-state index contributed by atoms with van der Waals surface area (Å²) in [5.74, 6) is 1.08. The number of rotatable bonds is 3. The molecule has 3 aromatic rings. The number of hydrogen-bond donors (Lipinski definition) is 1. The number of nitrogen functional groups attached to an aromatic ring is 1. The Morgan fingerprint density at radius 1 is 1.19 bits per heavy atom. The summed E-state index contributed by atoms with van der Waals surface area (Å²) in [4.78, 5) is 8.84. The minimum atomic E-state index is 0.461. The van der Waals surface area contributed by atoms with E-state index in [-0.39, 0.29) is 0 Å². The molecule has 0 unspecified atom stereocenters. The van der Waals surface area contributed by atoms with E-state index in [9.17, 15) is 0 Å². The molecule has 108 valence electrons. The van der Waals surface area contributed by atoms with Crippen molar-refractivity contribution in [3.8, 4) is 11.5 Å². The number of benzene rings is 1. The number of nitrogens with zero attached hydrogens (tertiary/aromatic N) is 3. The third kappa shape index (κ3) is 2.80. The second-order valence-electron chi connectivity index (χ2n) is 5.12. The van der Waals surface area contributed by atoms with Crippen LogP contribution < -0.4 is 5.73 Å². The van der Waals surface area contributed by atoms with Crippen molar-refractivity contribution in [1.29, 1.82) is 0 Å². The van der Waals surface area contributed by atoms with Gasteiger partial charge in [-0.1, -0.05) is 11.2 Å². The number of thiazole rings is 1. The predicted octanol–water partition coefficient (Wildman–Crippen LogP) is 3.29. The average Bonchev–Trinajstić information content (AvgIpc) is 3.04. The van der Waals surface area contributed by atoms with E-state index in [1.165, 1.54) is 0 Å². The van der Waals surface area contributed by atoms with E-state index in [1.807, 2.05) is 38.3 Å². The molecule has 1 aromatic carbocycles. The molecule has 6 heteroatoms. The van der Waals surface area contributed by atoms with Gasteiger partial charge in [0.15, 0.2) is 5.82 Å². The second-order valence-corrected chi connectivity index (χ2v) is 6.06. The van der Waals surface area contributed by atoms with E-state index in [0.29, 0.717) is 23.8 Å². The lowest BCUT2D eigenvalue weighted by atomic mass is 10.0. The van der Waals surface area contributed by atoms with Crippen molar-refractivity contribution in [3.05, 3.63) is 45.2 Å². The molecule has 0 radical (unpaired) electrons. The number of anilines is 1. The lowest BCUT2D eigenvalue weighted by Crippen LogP contribution is -1.95. The molecule has 0 saturated carbocycles. The Hall–Kier alpha value is -2.21. The first-order valence-electron chi connectivity index (χ1n) is 6.63. The molecule has 2 aromatic heterocycles. The molecule has 0 aliphatic heterocycles. The zero-order valence-electron chi connectivity index (χ0n) is 12.2. The Kier molecular flexibility index (Phi) is 3.47. The molecule has 2 N–H and O–H groups in total. The van der Waals surface area contributed by atoms with E-state index >= 15 is 0 Å². The third-order valence-electron chi connectivity index (χ3n) is 3.21. The van der Waals surface area contributed by atoms with Gasteiger partial charge in [0.25, 0.3) is 5.89 Å². The molecule has 0 amide bonds. The zero-order chi connectivity index (χ0) is 15.0. The van der Waals surface area contributed by atoms with Crippen LogP contribution in [0.1, 0.15) is 27.7 Å². The van der Waals surface area contributed by atoms with Gasteiger partial charge in [-0.15, -0.1) is 11.3 Å². The first-order valence-corrected chi connectivity index (χ1v) is 7.51. The topological polar surface area (TPSA) is 77.8 Å². The van der Waals surface area contributed by atoms with Crippen LogP contribution in [0.15, 0.2) is 22.0 Å². The van der Waals surface area contributed by atoms with Crippen molar-refractivity contribution >= 4 is 17.0 Å². The standard InChI is InChI=1S/C15H16N4OS/c1-8-4-9(2)14(16)11(5-8)15-18-12(19-20-15)6-13-17-10(3)7-21-13/h4-5,7H,6,16H2,1-3H3. The van der Waals surface area contributed by atoms with Crippen molar-refractivity contribution in [3.63, 3.8) is 0 Å². The summed E-state index contributed by atoms with van der Waals surface area (Å²) in [6, 6.07) is 4.00. The number of nitrogens with two attached hydrogens (primary N) is 1. The van der Waals surface area contributed by atoms with Gasteiger partial charge in [0.1, 0.15) is 5.01 Å². The molecule has 0 fully saturated rings. The molecule has 0 atom stereocenters. The summed E-state index contributed by atoms with van der Waals surface area (Å²) in [6.07, 6.45) is 0.576. The minimum Gasteiger partial charge on any atom is -0.398 e. The molecule has 21 heavy (non-hydrogen) atoms. The Balaban J connectivity index is 1.91. The normalized spacial score (nSPS) is 11.0. The van der Waals surface area contributed by atoms with Crippen LogP contribution in [0.2, 0.25) is 0 Å². The van der Waals surface area contributed by atoms with Gasteiger partial charge in [0, 0.05) is 16.8 Å². The van der Waals surface area contributed by atoms with Crippen LogP contribution in [0.5, 0.6) is 0 Å². The Bertz CT molecular complexity index is 791. The van der Waals surface area contributed by atoms with Gasteiger partial charge >= 0.3 is 0 Å². The van der Waals surface area contributed by atoms with Crippen LogP contribution in [-0.2, 0) is 6.42 Å². The monoisotopic (exact) mass is 300 g/mol. The average molecular weight is 300 g/mol.